The molecule has 0 unspecified atom stereocenters. The van der Waals surface area contributed by atoms with E-state index in [9.17, 15) is 9.18 Å². The van der Waals surface area contributed by atoms with Crippen LogP contribution in [0.5, 0.6) is 0 Å². The summed E-state index contributed by atoms with van der Waals surface area (Å²) in [6.07, 6.45) is 3.03. The van der Waals surface area contributed by atoms with Gasteiger partial charge < -0.3 is 10.6 Å². The van der Waals surface area contributed by atoms with Gasteiger partial charge in [0.2, 0.25) is 5.95 Å². The summed E-state index contributed by atoms with van der Waals surface area (Å²) in [5.74, 6) is -0.466. The Morgan fingerprint density at radius 2 is 2.25 bits per heavy atom. The number of rotatable bonds is 5. The third-order valence-corrected chi connectivity index (χ3v) is 2.38. The number of hydrogen-bond acceptors (Lipinski definition) is 4. The predicted molar refractivity (Wildman–Crippen MR) is 74.2 cm³/mol. The minimum Gasteiger partial charge on any atom is -0.347 e. The van der Waals surface area contributed by atoms with Crippen molar-refractivity contribution in [3.05, 3.63) is 60.7 Å². The summed E-state index contributed by atoms with van der Waals surface area (Å²) in [6.45, 7) is 3.87. The van der Waals surface area contributed by atoms with E-state index in [2.05, 4.69) is 27.2 Å². The van der Waals surface area contributed by atoms with Crippen molar-refractivity contribution in [1.82, 2.24) is 15.3 Å². The van der Waals surface area contributed by atoms with E-state index in [1.54, 1.807) is 18.2 Å². The summed E-state index contributed by atoms with van der Waals surface area (Å²) in [5, 5.41) is 5.45. The van der Waals surface area contributed by atoms with Gasteiger partial charge in [0.1, 0.15) is 11.5 Å². The average molecular weight is 272 g/mol. The Morgan fingerprint density at radius 3 is 3.00 bits per heavy atom. The molecule has 2 N–H and O–H groups in total. The number of hydrogen-bond donors (Lipinski definition) is 2. The van der Waals surface area contributed by atoms with E-state index >= 15 is 0 Å². The lowest BCUT2D eigenvalue weighted by Gasteiger charge is -2.06. The molecule has 5 nitrogen and oxygen atoms in total. The Labute approximate surface area is 115 Å². The van der Waals surface area contributed by atoms with E-state index in [0.29, 0.717) is 12.2 Å². The van der Waals surface area contributed by atoms with Gasteiger partial charge in [0.25, 0.3) is 5.91 Å². The van der Waals surface area contributed by atoms with Gasteiger partial charge in [-0.25, -0.2) is 14.4 Å². The number of nitrogens with one attached hydrogen (secondary N) is 2. The number of halogens is 1. The van der Waals surface area contributed by atoms with Gasteiger partial charge in [-0.1, -0.05) is 12.1 Å². The maximum atomic E-state index is 13.1. The highest BCUT2D eigenvalue weighted by Crippen LogP contribution is 2.13. The number of amides is 1. The molecule has 2 rings (SSSR count). The largest absolute Gasteiger partial charge is 0.347 e. The molecule has 0 spiro atoms. The summed E-state index contributed by atoms with van der Waals surface area (Å²) in [4.78, 5) is 19.8. The van der Waals surface area contributed by atoms with Crippen LogP contribution >= 0.6 is 0 Å². The zero-order valence-corrected chi connectivity index (χ0v) is 10.6. The summed E-state index contributed by atoms with van der Waals surface area (Å²) in [5.41, 5.74) is 0.731. The van der Waals surface area contributed by atoms with Crippen LogP contribution in [0.3, 0.4) is 0 Å². The molecule has 0 saturated carbocycles. The van der Waals surface area contributed by atoms with Crippen molar-refractivity contribution in [2.45, 2.75) is 0 Å². The summed E-state index contributed by atoms with van der Waals surface area (Å²) in [7, 11) is 0. The fourth-order valence-corrected chi connectivity index (χ4v) is 1.50. The van der Waals surface area contributed by atoms with Gasteiger partial charge in [-0.05, 0) is 24.3 Å². The highest BCUT2D eigenvalue weighted by molar-refractivity contribution is 5.92. The number of anilines is 2. The second-order valence-electron chi connectivity index (χ2n) is 3.90. The number of carbonyl (C=O) groups excluding carboxylic acids is 1. The van der Waals surface area contributed by atoms with Gasteiger partial charge in [-0.3, -0.25) is 4.79 Å². The van der Waals surface area contributed by atoms with Crippen LogP contribution in [0.25, 0.3) is 0 Å². The van der Waals surface area contributed by atoms with E-state index in [1.165, 1.54) is 24.4 Å². The lowest BCUT2D eigenvalue weighted by Crippen LogP contribution is -2.24. The molecule has 1 aromatic carbocycles. The zero-order chi connectivity index (χ0) is 14.4. The Morgan fingerprint density at radius 1 is 1.40 bits per heavy atom. The summed E-state index contributed by atoms with van der Waals surface area (Å²) in [6, 6.07) is 7.39. The standard InChI is InChI=1S/C14H13FN4O/c1-2-7-16-13(20)12-6-8-17-14(19-12)18-11-5-3-4-10(15)9-11/h2-6,8-9H,1,7H2,(H,16,20)(H,17,18,19). The van der Waals surface area contributed by atoms with Gasteiger partial charge in [0.15, 0.2) is 0 Å². The van der Waals surface area contributed by atoms with Crippen molar-refractivity contribution in [3.63, 3.8) is 0 Å². The van der Waals surface area contributed by atoms with Gasteiger partial charge >= 0.3 is 0 Å². The molecule has 1 aromatic heterocycles. The molecule has 0 fully saturated rings. The van der Waals surface area contributed by atoms with Gasteiger partial charge in [-0.15, -0.1) is 6.58 Å². The SMILES string of the molecule is C=CCNC(=O)c1ccnc(Nc2cccc(F)c2)n1. The van der Waals surface area contributed by atoms with E-state index in [1.807, 2.05) is 0 Å². The average Bonchev–Trinajstić information content (AvgIpc) is 2.45. The smallest absolute Gasteiger partial charge is 0.270 e. The summed E-state index contributed by atoms with van der Waals surface area (Å²) >= 11 is 0. The highest BCUT2D eigenvalue weighted by Gasteiger charge is 2.07. The number of carbonyl (C=O) groups is 1. The second-order valence-corrected chi connectivity index (χ2v) is 3.90. The van der Waals surface area contributed by atoms with Crippen molar-refractivity contribution in [2.24, 2.45) is 0 Å². The monoisotopic (exact) mass is 272 g/mol. The number of aromatic nitrogens is 2. The maximum absolute atomic E-state index is 13.1. The molecule has 1 heterocycles. The van der Waals surface area contributed by atoms with Crippen LogP contribution in [-0.2, 0) is 0 Å². The molecule has 6 heteroatoms. The van der Waals surface area contributed by atoms with Crippen LogP contribution in [0.4, 0.5) is 16.0 Å². The van der Waals surface area contributed by atoms with Crippen LogP contribution in [0.2, 0.25) is 0 Å². The molecule has 1 amide bonds. The Hall–Kier alpha value is -2.76. The summed E-state index contributed by atoms with van der Waals surface area (Å²) < 4.78 is 13.1. The molecular weight excluding hydrogens is 259 g/mol. The molecule has 20 heavy (non-hydrogen) atoms. The molecule has 0 aliphatic rings. The number of nitrogens with zero attached hydrogens (tertiary/aromatic N) is 2. The van der Waals surface area contributed by atoms with Gasteiger partial charge in [0, 0.05) is 18.4 Å². The van der Waals surface area contributed by atoms with Crippen LogP contribution in [0.1, 0.15) is 10.5 Å². The molecule has 0 radical (unpaired) electrons. The van der Waals surface area contributed by atoms with E-state index in [0.717, 1.165) is 0 Å². The highest BCUT2D eigenvalue weighted by atomic mass is 19.1. The molecule has 0 bridgehead atoms. The van der Waals surface area contributed by atoms with Gasteiger partial charge in [0.05, 0.1) is 0 Å². The molecule has 2 aromatic rings. The predicted octanol–water partition coefficient (Wildman–Crippen LogP) is 2.28. The van der Waals surface area contributed by atoms with Crippen molar-refractivity contribution in [1.29, 1.82) is 0 Å². The Kier molecular flexibility index (Phi) is 4.39. The lowest BCUT2D eigenvalue weighted by atomic mass is 10.3. The van der Waals surface area contributed by atoms with Crippen LogP contribution < -0.4 is 10.6 Å². The Balaban J connectivity index is 2.13. The van der Waals surface area contributed by atoms with E-state index in [-0.39, 0.29) is 23.4 Å². The van der Waals surface area contributed by atoms with E-state index < -0.39 is 0 Å². The first kappa shape index (κ1) is 13.7. The third-order valence-electron chi connectivity index (χ3n) is 2.38. The van der Waals surface area contributed by atoms with E-state index in [4.69, 9.17) is 0 Å². The minimum absolute atomic E-state index is 0.223. The first-order chi connectivity index (χ1) is 9.69. The van der Waals surface area contributed by atoms with Crippen molar-refractivity contribution >= 4 is 17.5 Å². The molecular formula is C14H13FN4O. The Bertz CT molecular complexity index is 630. The fraction of sp³-hybridized carbons (Fsp3) is 0.0714. The quantitative estimate of drug-likeness (QED) is 0.819. The topological polar surface area (TPSA) is 66.9 Å². The maximum Gasteiger partial charge on any atom is 0.270 e. The van der Waals surface area contributed by atoms with Crippen molar-refractivity contribution in [3.8, 4) is 0 Å². The van der Waals surface area contributed by atoms with Gasteiger partial charge in [-0.2, -0.15) is 0 Å². The van der Waals surface area contributed by atoms with Crippen LogP contribution in [-0.4, -0.2) is 22.4 Å². The number of benzene rings is 1. The molecule has 102 valence electrons. The fourth-order valence-electron chi connectivity index (χ4n) is 1.50. The first-order valence-corrected chi connectivity index (χ1v) is 5.94. The minimum atomic E-state index is -0.366. The zero-order valence-electron chi connectivity index (χ0n) is 10.6. The molecule has 0 saturated heterocycles. The second kappa shape index (κ2) is 6.42. The first-order valence-electron chi connectivity index (χ1n) is 5.94. The lowest BCUT2D eigenvalue weighted by molar-refractivity contribution is 0.0953. The molecule has 0 aliphatic carbocycles. The molecule has 0 aliphatic heterocycles. The van der Waals surface area contributed by atoms with Crippen LogP contribution in [0.15, 0.2) is 49.2 Å². The van der Waals surface area contributed by atoms with Crippen molar-refractivity contribution in [2.75, 3.05) is 11.9 Å². The third kappa shape index (κ3) is 3.61. The van der Waals surface area contributed by atoms with Crippen LogP contribution in [0, 0.1) is 5.82 Å². The molecule has 0 atom stereocenters. The normalized spacial score (nSPS) is 9.85. The van der Waals surface area contributed by atoms with Crippen molar-refractivity contribution < 1.29 is 9.18 Å².